The molecular weight excluding hydrogens is 246 g/mol. The van der Waals surface area contributed by atoms with Crippen LogP contribution in [0.25, 0.3) is 0 Å². The molecule has 1 amide bonds. The van der Waals surface area contributed by atoms with Crippen molar-refractivity contribution in [1.82, 2.24) is 5.32 Å². The fraction of sp³-hybridized carbons (Fsp3) is 0.500. The third-order valence-electron chi connectivity index (χ3n) is 3.05. The molecule has 5 heteroatoms. The normalized spacial score (nSPS) is 11.2. The van der Waals surface area contributed by atoms with Crippen molar-refractivity contribution < 1.29 is 19.7 Å². The molecule has 0 saturated heterocycles. The Morgan fingerprint density at radius 2 is 2.05 bits per heavy atom. The van der Waals surface area contributed by atoms with Crippen molar-refractivity contribution in [1.29, 1.82) is 0 Å². The van der Waals surface area contributed by atoms with Gasteiger partial charge in [0.1, 0.15) is 5.75 Å². The van der Waals surface area contributed by atoms with Gasteiger partial charge in [0.2, 0.25) is 0 Å². The summed E-state index contributed by atoms with van der Waals surface area (Å²) >= 11 is 0. The van der Waals surface area contributed by atoms with Gasteiger partial charge in [0.05, 0.1) is 18.8 Å². The summed E-state index contributed by atoms with van der Waals surface area (Å²) in [5.74, 6) is 0.247. The van der Waals surface area contributed by atoms with Crippen LogP contribution in [0, 0.1) is 6.92 Å². The van der Waals surface area contributed by atoms with Gasteiger partial charge in [0, 0.05) is 0 Å². The molecule has 0 unspecified atom stereocenters. The highest BCUT2D eigenvalue weighted by Crippen LogP contribution is 2.12. The van der Waals surface area contributed by atoms with E-state index in [0.29, 0.717) is 12.2 Å². The fourth-order valence-corrected chi connectivity index (χ4v) is 1.63. The van der Waals surface area contributed by atoms with Gasteiger partial charge in [-0.25, -0.2) is 0 Å². The molecule has 106 valence electrons. The van der Waals surface area contributed by atoms with E-state index in [2.05, 4.69) is 5.32 Å². The molecule has 1 aromatic rings. The minimum atomic E-state index is -0.979. The molecule has 1 aromatic carbocycles. The molecule has 0 aliphatic carbocycles. The number of aliphatic hydroxyl groups is 2. The molecule has 5 nitrogen and oxygen atoms in total. The lowest BCUT2D eigenvalue weighted by molar-refractivity contribution is -0.126. The Kier molecular flexibility index (Phi) is 5.79. The Balaban J connectivity index is 2.52. The maximum absolute atomic E-state index is 11.7. The Morgan fingerprint density at radius 1 is 1.37 bits per heavy atom. The second-order valence-electron chi connectivity index (χ2n) is 4.60. The van der Waals surface area contributed by atoms with Gasteiger partial charge in [-0.3, -0.25) is 4.79 Å². The van der Waals surface area contributed by atoms with E-state index in [1.54, 1.807) is 13.0 Å². The molecule has 0 heterocycles. The van der Waals surface area contributed by atoms with Gasteiger partial charge >= 0.3 is 0 Å². The SMILES string of the molecule is CCC(CO)(CO)NC(=O)COc1cccc(C)c1. The summed E-state index contributed by atoms with van der Waals surface area (Å²) in [6.07, 6.45) is 0.441. The van der Waals surface area contributed by atoms with Crippen LogP contribution < -0.4 is 10.1 Å². The lowest BCUT2D eigenvalue weighted by Gasteiger charge is -2.29. The highest BCUT2D eigenvalue weighted by Gasteiger charge is 2.28. The van der Waals surface area contributed by atoms with Gasteiger partial charge in [0.15, 0.2) is 6.61 Å². The van der Waals surface area contributed by atoms with Gasteiger partial charge in [-0.05, 0) is 31.0 Å². The first-order chi connectivity index (χ1) is 9.05. The quantitative estimate of drug-likeness (QED) is 0.677. The number of nitrogens with one attached hydrogen (secondary N) is 1. The summed E-state index contributed by atoms with van der Waals surface area (Å²) < 4.78 is 5.35. The van der Waals surface area contributed by atoms with Gasteiger partial charge in [-0.1, -0.05) is 19.1 Å². The molecule has 0 spiro atoms. The Hall–Kier alpha value is -1.59. The summed E-state index contributed by atoms with van der Waals surface area (Å²) in [6, 6.07) is 7.39. The van der Waals surface area contributed by atoms with Crippen LogP contribution >= 0.6 is 0 Å². The van der Waals surface area contributed by atoms with Crippen LogP contribution in [0.5, 0.6) is 5.75 Å². The van der Waals surface area contributed by atoms with Crippen molar-refractivity contribution in [3.63, 3.8) is 0 Å². The number of aliphatic hydroxyl groups excluding tert-OH is 2. The van der Waals surface area contributed by atoms with Gasteiger partial charge in [-0.2, -0.15) is 0 Å². The van der Waals surface area contributed by atoms with E-state index in [4.69, 9.17) is 4.74 Å². The maximum atomic E-state index is 11.7. The van der Waals surface area contributed by atoms with Gasteiger partial charge in [0.25, 0.3) is 5.91 Å². The second kappa shape index (κ2) is 7.11. The number of hydrogen-bond acceptors (Lipinski definition) is 4. The largest absolute Gasteiger partial charge is 0.484 e. The Morgan fingerprint density at radius 3 is 2.58 bits per heavy atom. The van der Waals surface area contributed by atoms with E-state index in [-0.39, 0.29) is 25.7 Å². The Labute approximate surface area is 113 Å². The molecule has 19 heavy (non-hydrogen) atoms. The molecule has 1 rings (SSSR count). The van der Waals surface area contributed by atoms with Crippen molar-refractivity contribution in [2.24, 2.45) is 0 Å². The molecule has 3 N–H and O–H groups in total. The number of rotatable bonds is 7. The van der Waals surface area contributed by atoms with E-state index >= 15 is 0 Å². The Bertz CT molecular complexity index is 407. The summed E-state index contributed by atoms with van der Waals surface area (Å²) in [7, 11) is 0. The fourth-order valence-electron chi connectivity index (χ4n) is 1.63. The summed E-state index contributed by atoms with van der Waals surface area (Å²) in [6.45, 7) is 2.96. The first-order valence-electron chi connectivity index (χ1n) is 6.27. The first-order valence-corrected chi connectivity index (χ1v) is 6.27. The van der Waals surface area contributed by atoms with Crippen LogP contribution in [-0.2, 0) is 4.79 Å². The van der Waals surface area contributed by atoms with Crippen molar-refractivity contribution >= 4 is 5.91 Å². The topological polar surface area (TPSA) is 78.8 Å². The molecular formula is C14H21NO4. The number of carbonyl (C=O) groups is 1. The number of ether oxygens (including phenoxy) is 1. The predicted molar refractivity (Wildman–Crippen MR) is 72.0 cm³/mol. The minimum absolute atomic E-state index is 0.148. The molecule has 0 radical (unpaired) electrons. The number of hydrogen-bond donors (Lipinski definition) is 3. The lowest BCUT2D eigenvalue weighted by Crippen LogP contribution is -2.54. The summed E-state index contributed by atoms with van der Waals surface area (Å²) in [5.41, 5.74) is 0.0686. The second-order valence-corrected chi connectivity index (χ2v) is 4.60. The third kappa shape index (κ3) is 4.54. The standard InChI is InChI=1S/C14H21NO4/c1-3-14(9-16,10-17)15-13(18)8-19-12-6-4-5-11(2)7-12/h4-7,16-17H,3,8-10H2,1-2H3,(H,15,18). The highest BCUT2D eigenvalue weighted by molar-refractivity contribution is 5.78. The zero-order valence-corrected chi connectivity index (χ0v) is 11.3. The number of carbonyl (C=O) groups excluding carboxylic acids is 1. The van der Waals surface area contributed by atoms with Crippen LogP contribution in [-0.4, -0.2) is 41.5 Å². The molecule has 0 fully saturated rings. The maximum Gasteiger partial charge on any atom is 0.258 e. The van der Waals surface area contributed by atoms with Crippen LogP contribution in [0.2, 0.25) is 0 Å². The average Bonchev–Trinajstić information content (AvgIpc) is 2.43. The smallest absolute Gasteiger partial charge is 0.258 e. The van der Waals surface area contributed by atoms with Gasteiger partial charge < -0.3 is 20.3 Å². The van der Waals surface area contributed by atoms with E-state index in [0.717, 1.165) is 5.56 Å². The molecule has 0 bridgehead atoms. The molecule has 0 aromatic heterocycles. The number of benzene rings is 1. The van der Waals surface area contributed by atoms with Crippen LogP contribution in [0.1, 0.15) is 18.9 Å². The van der Waals surface area contributed by atoms with E-state index in [9.17, 15) is 15.0 Å². The molecule has 0 atom stereocenters. The van der Waals surface area contributed by atoms with Crippen molar-refractivity contribution in [3.8, 4) is 5.75 Å². The third-order valence-corrected chi connectivity index (χ3v) is 3.05. The zero-order chi connectivity index (χ0) is 14.3. The van der Waals surface area contributed by atoms with Crippen molar-refractivity contribution in [2.75, 3.05) is 19.8 Å². The van der Waals surface area contributed by atoms with E-state index in [1.807, 2.05) is 25.1 Å². The molecule has 0 saturated carbocycles. The number of amides is 1. The van der Waals surface area contributed by atoms with Crippen LogP contribution in [0.3, 0.4) is 0 Å². The highest BCUT2D eigenvalue weighted by atomic mass is 16.5. The first kappa shape index (κ1) is 15.5. The monoisotopic (exact) mass is 267 g/mol. The lowest BCUT2D eigenvalue weighted by atomic mass is 9.98. The summed E-state index contributed by atoms with van der Waals surface area (Å²) in [4.78, 5) is 11.7. The average molecular weight is 267 g/mol. The van der Waals surface area contributed by atoms with E-state index in [1.165, 1.54) is 0 Å². The van der Waals surface area contributed by atoms with Crippen LogP contribution in [0.4, 0.5) is 0 Å². The summed E-state index contributed by atoms with van der Waals surface area (Å²) in [5, 5.41) is 21.1. The molecule has 0 aliphatic rings. The van der Waals surface area contributed by atoms with Crippen LogP contribution in [0.15, 0.2) is 24.3 Å². The van der Waals surface area contributed by atoms with Gasteiger partial charge in [-0.15, -0.1) is 0 Å². The minimum Gasteiger partial charge on any atom is -0.484 e. The van der Waals surface area contributed by atoms with Crippen molar-refractivity contribution in [2.45, 2.75) is 25.8 Å². The zero-order valence-electron chi connectivity index (χ0n) is 11.3. The van der Waals surface area contributed by atoms with E-state index < -0.39 is 5.54 Å². The predicted octanol–water partition coefficient (Wildman–Crippen LogP) is 0.623. The number of aryl methyl sites for hydroxylation is 1. The molecule has 0 aliphatic heterocycles. The van der Waals surface area contributed by atoms with Crippen molar-refractivity contribution in [3.05, 3.63) is 29.8 Å².